The molecule has 24 heavy (non-hydrogen) atoms. The molecular weight excluding hydrogens is 322 g/mol. The topological polar surface area (TPSA) is 43.4 Å². The molecule has 0 spiro atoms. The van der Waals surface area contributed by atoms with Gasteiger partial charge in [-0.15, -0.1) is 0 Å². The summed E-state index contributed by atoms with van der Waals surface area (Å²) in [4.78, 5) is 0. The Morgan fingerprint density at radius 3 is 1.83 bits per heavy atom. The van der Waals surface area contributed by atoms with Crippen molar-refractivity contribution in [1.82, 2.24) is 0 Å². The second kappa shape index (κ2) is 6.67. The maximum atomic E-state index is 11.4. The molecule has 0 unspecified atom stereocenters. The van der Waals surface area contributed by atoms with Gasteiger partial charge in [0.05, 0.1) is 12.8 Å². The quantitative estimate of drug-likeness (QED) is 0.597. The van der Waals surface area contributed by atoms with E-state index >= 15 is 0 Å². The van der Waals surface area contributed by atoms with Gasteiger partial charge in [-0.2, -0.15) is 8.42 Å². The van der Waals surface area contributed by atoms with Crippen LogP contribution in [0.1, 0.15) is 24.1 Å². The van der Waals surface area contributed by atoms with Gasteiger partial charge in [0.25, 0.3) is 10.1 Å². The van der Waals surface area contributed by atoms with Crippen LogP contribution in [0.4, 0.5) is 0 Å². The van der Waals surface area contributed by atoms with Gasteiger partial charge in [0, 0.05) is 11.1 Å². The molecular formula is C19H24NO3S+. The fourth-order valence-electron chi connectivity index (χ4n) is 3.81. The number of hydrogen-bond acceptors (Lipinski definition) is 3. The molecule has 0 radical (unpaired) electrons. The van der Waals surface area contributed by atoms with Crippen LogP contribution in [0.5, 0.6) is 0 Å². The van der Waals surface area contributed by atoms with Gasteiger partial charge in [-0.05, 0) is 6.92 Å². The first-order valence-corrected chi connectivity index (χ1v) is 10.1. The van der Waals surface area contributed by atoms with Gasteiger partial charge in [-0.3, -0.25) is 4.18 Å². The number of quaternary nitrogens is 1. The van der Waals surface area contributed by atoms with Crippen molar-refractivity contribution < 1.29 is 17.1 Å². The third-order valence-electron chi connectivity index (χ3n) is 4.85. The predicted molar refractivity (Wildman–Crippen MR) is 95.0 cm³/mol. The second-order valence-electron chi connectivity index (χ2n) is 6.55. The third kappa shape index (κ3) is 3.53. The first-order valence-electron chi connectivity index (χ1n) is 8.27. The van der Waals surface area contributed by atoms with Gasteiger partial charge in [-0.1, -0.05) is 60.7 Å². The number of likely N-dealkylation sites (tertiary alicyclic amines) is 1. The van der Waals surface area contributed by atoms with Gasteiger partial charge in [0.2, 0.25) is 0 Å². The van der Waals surface area contributed by atoms with Crippen LogP contribution in [0.3, 0.4) is 0 Å². The van der Waals surface area contributed by atoms with Crippen LogP contribution in [-0.2, 0) is 14.3 Å². The largest absolute Gasteiger partial charge is 0.309 e. The molecule has 2 aromatic rings. The molecule has 4 nitrogen and oxygen atoms in total. The summed E-state index contributed by atoms with van der Waals surface area (Å²) < 4.78 is 28.9. The minimum atomic E-state index is -3.41. The smallest absolute Gasteiger partial charge is 0.265 e. The Labute approximate surface area is 144 Å². The van der Waals surface area contributed by atoms with Crippen molar-refractivity contribution in [3.05, 3.63) is 71.8 Å². The molecule has 0 N–H and O–H groups in total. The highest BCUT2D eigenvalue weighted by Crippen LogP contribution is 2.40. The summed E-state index contributed by atoms with van der Waals surface area (Å²) in [5.41, 5.74) is 2.51. The van der Waals surface area contributed by atoms with Crippen molar-refractivity contribution in [2.75, 3.05) is 25.9 Å². The minimum Gasteiger partial charge on any atom is -0.309 e. The van der Waals surface area contributed by atoms with Gasteiger partial charge >= 0.3 is 0 Å². The summed E-state index contributed by atoms with van der Waals surface area (Å²) in [6, 6.07) is 21.1. The Morgan fingerprint density at radius 1 is 1.00 bits per heavy atom. The highest BCUT2D eigenvalue weighted by atomic mass is 32.2. The maximum absolute atomic E-state index is 11.4. The van der Waals surface area contributed by atoms with E-state index in [1.807, 2.05) is 12.1 Å². The predicted octanol–water partition coefficient (Wildman–Crippen LogP) is 2.97. The summed E-state index contributed by atoms with van der Waals surface area (Å²) >= 11 is 0. The van der Waals surface area contributed by atoms with Gasteiger partial charge in [-0.25, -0.2) is 0 Å². The highest BCUT2D eigenvalue weighted by molar-refractivity contribution is 7.86. The van der Waals surface area contributed by atoms with Crippen LogP contribution in [0.2, 0.25) is 0 Å². The fraction of sp³-hybridized carbons (Fsp3) is 0.368. The molecule has 5 heteroatoms. The van der Waals surface area contributed by atoms with E-state index in [1.54, 1.807) is 0 Å². The van der Waals surface area contributed by atoms with E-state index in [0.29, 0.717) is 13.1 Å². The fourth-order valence-corrected chi connectivity index (χ4v) is 4.43. The molecule has 1 aliphatic rings. The number of nitrogens with zero attached hydrogens (tertiary/aromatic N) is 1. The minimum absolute atomic E-state index is 0.191. The van der Waals surface area contributed by atoms with E-state index in [-0.39, 0.29) is 12.1 Å². The number of hydrogen-bond donors (Lipinski definition) is 0. The molecule has 1 heterocycles. The zero-order chi connectivity index (χ0) is 17.2. The SMILES string of the molecule is CC[N+]1(C(c2ccccc2)c2ccccc2)CC(OS(C)(=O)=O)C1. The first-order chi connectivity index (χ1) is 11.4. The van der Waals surface area contributed by atoms with Crippen LogP contribution in [0.25, 0.3) is 0 Å². The van der Waals surface area contributed by atoms with Crippen LogP contribution in [0, 0.1) is 0 Å². The Hall–Kier alpha value is -1.69. The zero-order valence-electron chi connectivity index (χ0n) is 14.1. The Bertz CT molecular complexity index is 729. The molecule has 1 fully saturated rings. The Morgan fingerprint density at radius 2 is 1.46 bits per heavy atom. The highest BCUT2D eigenvalue weighted by Gasteiger charge is 2.51. The second-order valence-corrected chi connectivity index (χ2v) is 8.15. The van der Waals surface area contributed by atoms with Gasteiger partial charge in [0.1, 0.15) is 19.1 Å². The monoisotopic (exact) mass is 346 g/mol. The Balaban J connectivity index is 1.94. The average molecular weight is 346 g/mol. The van der Waals surface area contributed by atoms with E-state index in [0.717, 1.165) is 17.3 Å². The van der Waals surface area contributed by atoms with Crippen molar-refractivity contribution in [2.45, 2.75) is 19.1 Å². The molecule has 2 aromatic carbocycles. The van der Waals surface area contributed by atoms with Crippen LogP contribution in [-0.4, -0.2) is 44.9 Å². The lowest BCUT2D eigenvalue weighted by Gasteiger charge is -2.53. The van der Waals surface area contributed by atoms with Gasteiger partial charge in [0.15, 0.2) is 6.10 Å². The average Bonchev–Trinajstić information content (AvgIpc) is 2.53. The summed E-state index contributed by atoms with van der Waals surface area (Å²) in [6.07, 6.45) is 0.896. The molecule has 1 aliphatic heterocycles. The lowest BCUT2D eigenvalue weighted by Crippen LogP contribution is -2.68. The lowest BCUT2D eigenvalue weighted by molar-refractivity contribution is -0.991. The molecule has 3 rings (SSSR count). The molecule has 0 bridgehead atoms. The first kappa shape index (κ1) is 17.1. The van der Waals surface area contributed by atoms with Crippen molar-refractivity contribution in [1.29, 1.82) is 0 Å². The molecule has 1 saturated heterocycles. The van der Waals surface area contributed by atoms with E-state index in [4.69, 9.17) is 4.18 Å². The van der Waals surface area contributed by atoms with Crippen molar-refractivity contribution in [3.63, 3.8) is 0 Å². The summed E-state index contributed by atoms with van der Waals surface area (Å²) in [5, 5.41) is 0. The van der Waals surface area contributed by atoms with Crippen LogP contribution in [0.15, 0.2) is 60.7 Å². The van der Waals surface area contributed by atoms with Crippen LogP contribution >= 0.6 is 0 Å². The van der Waals surface area contributed by atoms with Gasteiger partial charge < -0.3 is 4.48 Å². The van der Waals surface area contributed by atoms with Crippen LogP contribution < -0.4 is 0 Å². The van der Waals surface area contributed by atoms with Crippen molar-refractivity contribution in [3.8, 4) is 0 Å². The number of benzene rings is 2. The lowest BCUT2D eigenvalue weighted by atomic mass is 9.90. The summed E-state index contributed by atoms with van der Waals surface area (Å²) in [6.45, 7) is 4.50. The molecule has 0 aliphatic carbocycles. The number of likely N-dealkylation sites (N-methyl/N-ethyl adjacent to an activating group) is 1. The van der Waals surface area contributed by atoms with E-state index in [9.17, 15) is 8.42 Å². The molecule has 128 valence electrons. The van der Waals surface area contributed by atoms with Crippen molar-refractivity contribution >= 4 is 10.1 Å². The third-order valence-corrected chi connectivity index (χ3v) is 5.48. The van der Waals surface area contributed by atoms with E-state index < -0.39 is 10.1 Å². The molecule has 0 amide bonds. The summed E-state index contributed by atoms with van der Waals surface area (Å²) in [7, 11) is -3.41. The Kier molecular flexibility index (Phi) is 4.76. The van der Waals surface area contributed by atoms with Crippen molar-refractivity contribution in [2.24, 2.45) is 0 Å². The molecule has 0 aromatic heterocycles. The standard InChI is InChI=1S/C19H24NO3S/c1-3-20(14-18(15-20)23-24(2,21)22)19(16-10-6-4-7-11-16)17-12-8-5-9-13-17/h4-13,18-19H,3,14-15H2,1-2H3/q+1. The molecule has 0 saturated carbocycles. The van der Waals surface area contributed by atoms with E-state index in [1.165, 1.54) is 11.1 Å². The number of rotatable bonds is 6. The molecule has 0 atom stereocenters. The zero-order valence-corrected chi connectivity index (χ0v) is 14.9. The normalized spacial score (nSPS) is 23.9. The maximum Gasteiger partial charge on any atom is 0.265 e. The van der Waals surface area contributed by atoms with E-state index in [2.05, 4.69) is 55.5 Å². The summed E-state index contributed by atoms with van der Waals surface area (Å²) in [5.74, 6) is 0.